The van der Waals surface area contributed by atoms with Gasteiger partial charge in [0.05, 0.1) is 13.0 Å². The molecule has 0 unspecified atom stereocenters. The largest absolute Gasteiger partial charge is 0.469 e. The first-order chi connectivity index (χ1) is 6.45. The summed E-state index contributed by atoms with van der Waals surface area (Å²) in [5.41, 5.74) is 0.239. The van der Waals surface area contributed by atoms with Crippen molar-refractivity contribution in [1.82, 2.24) is 0 Å². The molecule has 0 aromatic carbocycles. The van der Waals surface area contributed by atoms with Crippen LogP contribution in [0.3, 0.4) is 0 Å². The lowest BCUT2D eigenvalue weighted by molar-refractivity contribution is -0.146. The number of hydrogen-bond acceptors (Lipinski definition) is 2. The zero-order valence-corrected chi connectivity index (χ0v) is 9.54. The SMILES string of the molecule is COC(=O)[C@@H]1CC=C[C@H](C(C)(C)C)C1. The molecule has 1 rings (SSSR count). The third-order valence-electron chi connectivity index (χ3n) is 2.97. The van der Waals surface area contributed by atoms with E-state index in [0.29, 0.717) is 5.92 Å². The molecule has 80 valence electrons. The number of allylic oxidation sites excluding steroid dienone is 2. The van der Waals surface area contributed by atoms with Gasteiger partial charge in [-0.2, -0.15) is 0 Å². The predicted molar refractivity (Wildman–Crippen MR) is 56.8 cm³/mol. The van der Waals surface area contributed by atoms with Gasteiger partial charge in [-0.25, -0.2) is 0 Å². The Bertz CT molecular complexity index is 235. The molecule has 0 heterocycles. The first kappa shape index (κ1) is 11.3. The highest BCUT2D eigenvalue weighted by Crippen LogP contribution is 2.36. The Labute approximate surface area is 86.3 Å². The predicted octanol–water partition coefficient (Wildman–Crippen LogP) is 2.79. The van der Waals surface area contributed by atoms with Crippen molar-refractivity contribution < 1.29 is 9.53 Å². The summed E-state index contributed by atoms with van der Waals surface area (Å²) in [6.45, 7) is 6.63. The van der Waals surface area contributed by atoms with Crippen LogP contribution < -0.4 is 0 Å². The van der Waals surface area contributed by atoms with Crippen molar-refractivity contribution in [3.05, 3.63) is 12.2 Å². The van der Waals surface area contributed by atoms with E-state index in [1.807, 2.05) is 0 Å². The van der Waals surface area contributed by atoms with Crippen molar-refractivity contribution in [2.45, 2.75) is 33.6 Å². The molecule has 0 aromatic heterocycles. The molecule has 1 aliphatic carbocycles. The fraction of sp³-hybridized carbons (Fsp3) is 0.750. The molecule has 0 bridgehead atoms. The Morgan fingerprint density at radius 1 is 1.43 bits per heavy atom. The topological polar surface area (TPSA) is 26.3 Å². The fourth-order valence-corrected chi connectivity index (χ4v) is 1.89. The standard InChI is InChI=1S/C12H20O2/c1-12(2,3)10-7-5-6-9(8-10)11(13)14-4/h5,7,9-10H,6,8H2,1-4H3/t9-,10+/m1/s1. The number of hydrogen-bond donors (Lipinski definition) is 0. The van der Waals surface area contributed by atoms with Gasteiger partial charge in [-0.1, -0.05) is 32.9 Å². The number of rotatable bonds is 1. The van der Waals surface area contributed by atoms with Gasteiger partial charge in [0, 0.05) is 0 Å². The van der Waals surface area contributed by atoms with E-state index in [1.54, 1.807) is 0 Å². The van der Waals surface area contributed by atoms with Crippen LogP contribution in [0.4, 0.5) is 0 Å². The molecule has 0 radical (unpaired) electrons. The summed E-state index contributed by atoms with van der Waals surface area (Å²) in [5, 5.41) is 0. The summed E-state index contributed by atoms with van der Waals surface area (Å²) >= 11 is 0. The summed E-state index contributed by atoms with van der Waals surface area (Å²) in [7, 11) is 1.47. The van der Waals surface area contributed by atoms with Gasteiger partial charge >= 0.3 is 5.97 Å². The molecule has 0 amide bonds. The van der Waals surface area contributed by atoms with Gasteiger partial charge in [0.25, 0.3) is 0 Å². The minimum absolute atomic E-state index is 0.0641. The van der Waals surface area contributed by atoms with Crippen LogP contribution in [0.2, 0.25) is 0 Å². The van der Waals surface area contributed by atoms with Crippen molar-refractivity contribution in [3.8, 4) is 0 Å². The maximum Gasteiger partial charge on any atom is 0.308 e. The van der Waals surface area contributed by atoms with Gasteiger partial charge in [-0.15, -0.1) is 0 Å². The molecule has 1 aliphatic rings. The van der Waals surface area contributed by atoms with E-state index in [0.717, 1.165) is 12.8 Å². The highest BCUT2D eigenvalue weighted by atomic mass is 16.5. The van der Waals surface area contributed by atoms with Crippen LogP contribution >= 0.6 is 0 Å². The molecule has 2 atom stereocenters. The number of carbonyl (C=O) groups excluding carboxylic acids is 1. The van der Waals surface area contributed by atoms with Crippen LogP contribution in [0.25, 0.3) is 0 Å². The average molecular weight is 196 g/mol. The monoisotopic (exact) mass is 196 g/mol. The number of esters is 1. The Kier molecular flexibility index (Phi) is 3.35. The minimum atomic E-state index is -0.0661. The Morgan fingerprint density at radius 2 is 2.07 bits per heavy atom. The molecule has 0 spiro atoms. The average Bonchev–Trinajstić information content (AvgIpc) is 2.15. The van der Waals surface area contributed by atoms with E-state index in [2.05, 4.69) is 32.9 Å². The highest BCUT2D eigenvalue weighted by molar-refractivity contribution is 5.72. The first-order valence-corrected chi connectivity index (χ1v) is 5.19. The molecular formula is C12H20O2. The lowest BCUT2D eigenvalue weighted by atomic mass is 9.72. The van der Waals surface area contributed by atoms with Crippen LogP contribution in [0.5, 0.6) is 0 Å². The maximum absolute atomic E-state index is 11.4. The molecule has 0 saturated heterocycles. The summed E-state index contributed by atoms with van der Waals surface area (Å²) in [4.78, 5) is 11.4. The molecule has 2 nitrogen and oxygen atoms in total. The van der Waals surface area contributed by atoms with Crippen LogP contribution in [0, 0.1) is 17.3 Å². The summed E-state index contributed by atoms with van der Waals surface area (Å²) in [6, 6.07) is 0. The van der Waals surface area contributed by atoms with E-state index >= 15 is 0 Å². The summed E-state index contributed by atoms with van der Waals surface area (Å²) in [5.74, 6) is 0.484. The van der Waals surface area contributed by atoms with Gasteiger partial charge in [0.2, 0.25) is 0 Å². The van der Waals surface area contributed by atoms with Gasteiger partial charge in [-0.05, 0) is 24.2 Å². The zero-order chi connectivity index (χ0) is 10.8. The fourth-order valence-electron chi connectivity index (χ4n) is 1.89. The Balaban J connectivity index is 2.65. The molecule has 0 aromatic rings. The number of carbonyl (C=O) groups is 1. The van der Waals surface area contributed by atoms with E-state index in [9.17, 15) is 4.79 Å². The van der Waals surface area contributed by atoms with Gasteiger partial charge in [-0.3, -0.25) is 4.79 Å². The van der Waals surface area contributed by atoms with Crippen molar-refractivity contribution in [2.75, 3.05) is 7.11 Å². The second-order valence-electron chi connectivity index (χ2n) is 5.09. The van der Waals surface area contributed by atoms with E-state index in [-0.39, 0.29) is 17.3 Å². The normalized spacial score (nSPS) is 27.4. The minimum Gasteiger partial charge on any atom is -0.469 e. The van der Waals surface area contributed by atoms with Crippen molar-refractivity contribution in [3.63, 3.8) is 0 Å². The van der Waals surface area contributed by atoms with Crippen LogP contribution in [-0.4, -0.2) is 13.1 Å². The van der Waals surface area contributed by atoms with E-state index < -0.39 is 0 Å². The van der Waals surface area contributed by atoms with Crippen LogP contribution in [0.15, 0.2) is 12.2 Å². The molecular weight excluding hydrogens is 176 g/mol. The highest BCUT2D eigenvalue weighted by Gasteiger charge is 2.31. The second-order valence-corrected chi connectivity index (χ2v) is 5.09. The Morgan fingerprint density at radius 3 is 2.57 bits per heavy atom. The van der Waals surface area contributed by atoms with Gasteiger partial charge < -0.3 is 4.74 Å². The van der Waals surface area contributed by atoms with Crippen LogP contribution in [-0.2, 0) is 9.53 Å². The van der Waals surface area contributed by atoms with E-state index in [4.69, 9.17) is 4.74 Å². The first-order valence-electron chi connectivity index (χ1n) is 5.19. The number of ether oxygens (including phenoxy) is 1. The molecule has 0 N–H and O–H groups in total. The lowest BCUT2D eigenvalue weighted by Crippen LogP contribution is -2.28. The molecule has 0 fully saturated rings. The van der Waals surface area contributed by atoms with Crippen molar-refractivity contribution in [2.24, 2.45) is 17.3 Å². The third-order valence-corrected chi connectivity index (χ3v) is 2.97. The molecule has 2 heteroatoms. The zero-order valence-electron chi connectivity index (χ0n) is 9.54. The molecule has 14 heavy (non-hydrogen) atoms. The third kappa shape index (κ3) is 2.60. The smallest absolute Gasteiger partial charge is 0.308 e. The summed E-state index contributed by atoms with van der Waals surface area (Å²) in [6.07, 6.45) is 6.10. The summed E-state index contributed by atoms with van der Waals surface area (Å²) < 4.78 is 4.78. The Hall–Kier alpha value is -0.790. The van der Waals surface area contributed by atoms with Gasteiger partial charge in [0.15, 0.2) is 0 Å². The lowest BCUT2D eigenvalue weighted by Gasteiger charge is -2.33. The maximum atomic E-state index is 11.4. The van der Waals surface area contributed by atoms with Crippen molar-refractivity contribution >= 4 is 5.97 Å². The second kappa shape index (κ2) is 4.16. The quantitative estimate of drug-likeness (QED) is 0.476. The molecule has 0 aliphatic heterocycles. The van der Waals surface area contributed by atoms with Crippen molar-refractivity contribution in [1.29, 1.82) is 0 Å². The number of methoxy groups -OCH3 is 1. The van der Waals surface area contributed by atoms with Crippen LogP contribution in [0.1, 0.15) is 33.6 Å². The molecule has 0 saturated carbocycles. The van der Waals surface area contributed by atoms with Gasteiger partial charge in [0.1, 0.15) is 0 Å². The van der Waals surface area contributed by atoms with E-state index in [1.165, 1.54) is 7.11 Å².